The highest BCUT2D eigenvalue weighted by atomic mass is 32.2. The molecule has 2 heterocycles. The summed E-state index contributed by atoms with van der Waals surface area (Å²) in [5, 5.41) is 13.0. The van der Waals surface area contributed by atoms with Gasteiger partial charge in [-0.1, -0.05) is 5.16 Å². The van der Waals surface area contributed by atoms with Gasteiger partial charge in [-0.15, -0.1) is 0 Å². The fourth-order valence-corrected chi connectivity index (χ4v) is 5.20. The highest BCUT2D eigenvalue weighted by molar-refractivity contribution is 7.89. The van der Waals surface area contributed by atoms with Crippen molar-refractivity contribution < 1.29 is 17.7 Å². The number of carbonyl (C=O) groups is 1. The average molecular weight is 443 g/mol. The first-order chi connectivity index (χ1) is 14.6. The van der Waals surface area contributed by atoms with Crippen molar-refractivity contribution in [2.45, 2.75) is 43.7 Å². The molecule has 160 valence electrons. The number of nitrogens with one attached hydrogen (secondary N) is 1. The van der Waals surface area contributed by atoms with E-state index in [1.807, 2.05) is 6.07 Å². The van der Waals surface area contributed by atoms with Crippen molar-refractivity contribution in [3.8, 4) is 6.07 Å². The number of sulfonamides is 1. The van der Waals surface area contributed by atoms with Gasteiger partial charge in [0.25, 0.3) is 15.6 Å². The Bertz CT molecular complexity index is 1490. The molecule has 1 N–H and O–H groups in total. The molecule has 1 amide bonds. The predicted molar refractivity (Wildman–Crippen MR) is 106 cm³/mol. The fourth-order valence-electron chi connectivity index (χ4n) is 3.47. The van der Waals surface area contributed by atoms with Gasteiger partial charge >= 0.3 is 5.69 Å². The van der Waals surface area contributed by atoms with Crippen molar-refractivity contribution in [1.82, 2.24) is 19.0 Å². The summed E-state index contributed by atoms with van der Waals surface area (Å²) < 4.78 is 32.8. The molecule has 4 rings (SSSR count). The number of aromatic nitrogens is 3. The van der Waals surface area contributed by atoms with Crippen LogP contribution in [0.4, 0.5) is 0 Å². The molecule has 1 fully saturated rings. The van der Waals surface area contributed by atoms with Crippen LogP contribution in [-0.4, -0.2) is 38.9 Å². The molecule has 1 saturated carbocycles. The largest absolute Gasteiger partial charge is 0.359 e. The number of hydrogen-bond acceptors (Lipinski definition) is 8. The fraction of sp³-hybridized carbons (Fsp3) is 0.316. The summed E-state index contributed by atoms with van der Waals surface area (Å²) >= 11 is 0. The van der Waals surface area contributed by atoms with Crippen molar-refractivity contribution in [2.75, 3.05) is 0 Å². The molecule has 31 heavy (non-hydrogen) atoms. The zero-order chi connectivity index (χ0) is 22.6. The van der Waals surface area contributed by atoms with E-state index >= 15 is 0 Å². The Balaban J connectivity index is 1.85. The van der Waals surface area contributed by atoms with Crippen molar-refractivity contribution in [3.05, 3.63) is 56.6 Å². The minimum Gasteiger partial charge on any atom is -0.359 e. The summed E-state index contributed by atoms with van der Waals surface area (Å²) in [5.74, 6) is -0.514. The monoisotopic (exact) mass is 443 g/mol. The van der Waals surface area contributed by atoms with Gasteiger partial charge in [0.05, 0.1) is 34.1 Å². The number of hydrogen-bond donors (Lipinski definition) is 1. The van der Waals surface area contributed by atoms with E-state index in [-0.39, 0.29) is 40.9 Å². The van der Waals surface area contributed by atoms with Crippen molar-refractivity contribution in [3.63, 3.8) is 0 Å². The van der Waals surface area contributed by atoms with Gasteiger partial charge in [0, 0.05) is 13.0 Å². The summed E-state index contributed by atoms with van der Waals surface area (Å²) in [6.07, 6.45) is 0.485. The van der Waals surface area contributed by atoms with Crippen LogP contribution < -0.4 is 11.2 Å². The first-order valence-electron chi connectivity index (χ1n) is 9.25. The minimum absolute atomic E-state index is 0.0674. The van der Waals surface area contributed by atoms with Gasteiger partial charge in [0.15, 0.2) is 5.76 Å². The van der Waals surface area contributed by atoms with Crippen LogP contribution in [0.1, 0.15) is 31.2 Å². The van der Waals surface area contributed by atoms with Gasteiger partial charge in [0.1, 0.15) is 5.54 Å². The SMILES string of the molecule is CC(=O)N(C1(C#N)CC1)S(=O)(=O)c1ccc2[nH]c(=O)n(Cc3cc(C)no3)c(=O)c2c1. The van der Waals surface area contributed by atoms with Crippen molar-refractivity contribution >= 4 is 26.8 Å². The van der Waals surface area contributed by atoms with E-state index in [9.17, 15) is 28.1 Å². The maximum Gasteiger partial charge on any atom is 0.329 e. The van der Waals surface area contributed by atoms with Crippen LogP contribution in [0.3, 0.4) is 0 Å². The van der Waals surface area contributed by atoms with Gasteiger partial charge in [-0.25, -0.2) is 17.5 Å². The molecule has 12 heteroatoms. The molecular formula is C19H17N5O6S. The summed E-state index contributed by atoms with van der Waals surface area (Å²) in [6.45, 7) is 2.56. The molecule has 1 aliphatic carbocycles. The zero-order valence-corrected chi connectivity index (χ0v) is 17.4. The maximum atomic E-state index is 13.2. The van der Waals surface area contributed by atoms with Gasteiger partial charge in [-0.05, 0) is 38.0 Å². The smallest absolute Gasteiger partial charge is 0.329 e. The van der Waals surface area contributed by atoms with Crippen LogP contribution in [0.2, 0.25) is 0 Å². The third kappa shape index (κ3) is 3.32. The highest BCUT2D eigenvalue weighted by Gasteiger charge is 2.55. The molecule has 0 atom stereocenters. The number of nitrogens with zero attached hydrogens (tertiary/aromatic N) is 4. The number of aryl methyl sites for hydroxylation is 1. The third-order valence-corrected chi connectivity index (χ3v) is 7.03. The van der Waals surface area contributed by atoms with Gasteiger partial charge in [0.2, 0.25) is 5.91 Å². The number of benzene rings is 1. The molecule has 0 saturated heterocycles. The Hall–Kier alpha value is -3.72. The van der Waals surface area contributed by atoms with E-state index in [1.165, 1.54) is 12.1 Å². The van der Waals surface area contributed by atoms with Crippen LogP contribution in [-0.2, 0) is 21.4 Å². The Morgan fingerprint density at radius 1 is 1.35 bits per heavy atom. The molecule has 0 radical (unpaired) electrons. The second-order valence-electron chi connectivity index (χ2n) is 7.40. The maximum absolute atomic E-state index is 13.2. The van der Waals surface area contributed by atoms with E-state index in [2.05, 4.69) is 10.1 Å². The molecule has 1 aliphatic rings. The van der Waals surface area contributed by atoms with Gasteiger partial charge < -0.3 is 9.51 Å². The molecule has 11 nitrogen and oxygen atoms in total. The predicted octanol–water partition coefficient (Wildman–Crippen LogP) is 0.628. The van der Waals surface area contributed by atoms with Crippen molar-refractivity contribution in [1.29, 1.82) is 5.26 Å². The molecule has 3 aromatic rings. The number of aromatic amines is 1. The van der Waals surface area contributed by atoms with E-state index in [0.29, 0.717) is 10.00 Å². The van der Waals surface area contributed by atoms with Crippen LogP contribution in [0.15, 0.2) is 43.3 Å². The molecule has 2 aromatic heterocycles. The normalized spacial score (nSPS) is 14.9. The van der Waals surface area contributed by atoms with Gasteiger partial charge in [-0.3, -0.25) is 14.2 Å². The van der Waals surface area contributed by atoms with E-state index in [0.717, 1.165) is 17.6 Å². The number of amides is 1. The molecule has 0 bridgehead atoms. The third-order valence-electron chi connectivity index (χ3n) is 5.09. The van der Waals surface area contributed by atoms with Crippen LogP contribution in [0, 0.1) is 18.3 Å². The van der Waals surface area contributed by atoms with Gasteiger partial charge in [-0.2, -0.15) is 5.26 Å². The summed E-state index contributed by atoms with van der Waals surface area (Å²) in [7, 11) is -4.40. The quantitative estimate of drug-likeness (QED) is 0.601. The topological polar surface area (TPSA) is 159 Å². The first-order valence-corrected chi connectivity index (χ1v) is 10.7. The zero-order valence-electron chi connectivity index (χ0n) is 16.6. The second kappa shape index (κ2) is 6.92. The molecule has 0 aliphatic heterocycles. The standard InChI is InChI=1S/C19H17N5O6S/c1-11-7-13(30-22-11)9-23-17(26)15-8-14(3-4-16(15)21-18(23)27)31(28,29)24(12(2)25)19(10-20)5-6-19/h3-4,7-8H,5-6,9H2,1-2H3,(H,21,27). The molecular weight excluding hydrogens is 426 g/mol. The van der Waals surface area contributed by atoms with E-state index in [4.69, 9.17) is 4.52 Å². The summed E-state index contributed by atoms with van der Waals surface area (Å²) in [6, 6.07) is 7.02. The number of fused-ring (bicyclic) bond motifs is 1. The lowest BCUT2D eigenvalue weighted by molar-refractivity contribution is -0.125. The van der Waals surface area contributed by atoms with E-state index < -0.39 is 32.7 Å². The van der Waals surface area contributed by atoms with Crippen LogP contribution >= 0.6 is 0 Å². The Labute approximate surface area is 175 Å². The lowest BCUT2D eigenvalue weighted by Crippen LogP contribution is -2.44. The number of H-pyrrole nitrogens is 1. The highest BCUT2D eigenvalue weighted by Crippen LogP contribution is 2.44. The lowest BCUT2D eigenvalue weighted by Gasteiger charge is -2.25. The van der Waals surface area contributed by atoms with Crippen LogP contribution in [0.25, 0.3) is 10.9 Å². The minimum atomic E-state index is -4.40. The second-order valence-corrected chi connectivity index (χ2v) is 9.18. The Kier molecular flexibility index (Phi) is 4.58. The number of rotatable bonds is 5. The molecule has 0 unspecified atom stereocenters. The lowest BCUT2D eigenvalue weighted by atomic mass is 10.2. The molecule has 1 aromatic carbocycles. The first kappa shape index (κ1) is 20.5. The van der Waals surface area contributed by atoms with E-state index in [1.54, 1.807) is 13.0 Å². The Morgan fingerprint density at radius 3 is 2.61 bits per heavy atom. The average Bonchev–Trinajstić information content (AvgIpc) is 3.37. The van der Waals surface area contributed by atoms with Crippen LogP contribution in [0.5, 0.6) is 0 Å². The number of nitriles is 1. The molecule has 0 spiro atoms. The van der Waals surface area contributed by atoms with Crippen molar-refractivity contribution in [2.24, 2.45) is 0 Å². The Morgan fingerprint density at radius 2 is 2.06 bits per heavy atom. The summed E-state index contributed by atoms with van der Waals surface area (Å²) in [5.41, 5.74) is -2.14. The number of carbonyl (C=O) groups excluding carboxylic acids is 1. The summed E-state index contributed by atoms with van der Waals surface area (Å²) in [4.78, 5) is 39.6.